The van der Waals surface area contributed by atoms with E-state index in [0.29, 0.717) is 17.6 Å². The lowest BCUT2D eigenvalue weighted by Crippen LogP contribution is -2.17. The van der Waals surface area contributed by atoms with Crippen molar-refractivity contribution in [1.29, 1.82) is 0 Å². The van der Waals surface area contributed by atoms with Gasteiger partial charge in [-0.1, -0.05) is 37.6 Å². The Morgan fingerprint density at radius 2 is 1.76 bits per heavy atom. The first-order valence-corrected chi connectivity index (χ1v) is 9.66. The molecule has 2 aromatic carbocycles. The summed E-state index contributed by atoms with van der Waals surface area (Å²) in [4.78, 5) is 12.1. The quantitative estimate of drug-likeness (QED) is 0.515. The van der Waals surface area contributed by atoms with E-state index in [2.05, 4.69) is 24.0 Å². The fraction of sp³-hybridized carbons (Fsp3) is 0.348. The third-order valence-corrected chi connectivity index (χ3v) is 4.62. The molecule has 152 valence electrons. The molecule has 0 aliphatic carbocycles. The number of esters is 1. The highest BCUT2D eigenvalue weighted by Gasteiger charge is 2.19. The smallest absolute Gasteiger partial charge is 0.344 e. The average molecular weight is 394 g/mol. The zero-order valence-electron chi connectivity index (χ0n) is 17.4. The minimum absolute atomic E-state index is 0.191. The molecule has 6 heteroatoms. The number of ether oxygens (including phenoxy) is 2. The molecule has 0 fully saturated rings. The van der Waals surface area contributed by atoms with Gasteiger partial charge in [0, 0.05) is 5.56 Å². The second kappa shape index (κ2) is 8.90. The third-order valence-electron chi connectivity index (χ3n) is 4.62. The number of carbonyl (C=O) groups is 1. The van der Waals surface area contributed by atoms with Crippen LogP contribution in [0, 0.1) is 13.8 Å². The van der Waals surface area contributed by atoms with Gasteiger partial charge in [-0.2, -0.15) is 0 Å². The molecular formula is C23H26N2O4. The molecule has 0 bridgehead atoms. The van der Waals surface area contributed by atoms with Crippen LogP contribution in [0.5, 0.6) is 5.75 Å². The van der Waals surface area contributed by atoms with Gasteiger partial charge in [-0.25, -0.2) is 4.79 Å². The summed E-state index contributed by atoms with van der Waals surface area (Å²) in [5.74, 6) is 1.20. The Hall–Kier alpha value is -3.15. The number of hydrogen-bond donors (Lipinski definition) is 0. The summed E-state index contributed by atoms with van der Waals surface area (Å²) < 4.78 is 16.6. The van der Waals surface area contributed by atoms with E-state index >= 15 is 0 Å². The molecule has 1 heterocycles. The molecule has 0 saturated carbocycles. The minimum atomic E-state index is -0.664. The molecule has 0 aliphatic rings. The number of rotatable bonds is 7. The minimum Gasteiger partial charge on any atom is -0.482 e. The second-order valence-electron chi connectivity index (χ2n) is 7.41. The lowest BCUT2D eigenvalue weighted by molar-refractivity contribution is -0.152. The van der Waals surface area contributed by atoms with Gasteiger partial charge in [0.2, 0.25) is 5.89 Å². The van der Waals surface area contributed by atoms with Crippen molar-refractivity contribution in [3.05, 3.63) is 65.0 Å². The van der Waals surface area contributed by atoms with E-state index in [1.807, 2.05) is 56.3 Å². The van der Waals surface area contributed by atoms with Crippen LogP contribution in [0.15, 0.2) is 46.9 Å². The van der Waals surface area contributed by atoms with Gasteiger partial charge in [0.05, 0.1) is 0 Å². The van der Waals surface area contributed by atoms with Crippen molar-refractivity contribution in [3.63, 3.8) is 0 Å². The van der Waals surface area contributed by atoms with Crippen molar-refractivity contribution in [2.75, 3.05) is 6.61 Å². The first-order chi connectivity index (χ1) is 13.8. The molecule has 0 radical (unpaired) electrons. The molecule has 0 N–H and O–H groups in total. The molecule has 1 atom stereocenters. The fourth-order valence-corrected chi connectivity index (χ4v) is 3.02. The highest BCUT2D eigenvalue weighted by atomic mass is 16.6. The topological polar surface area (TPSA) is 74.5 Å². The van der Waals surface area contributed by atoms with E-state index in [1.54, 1.807) is 6.92 Å². The highest BCUT2D eigenvalue weighted by molar-refractivity contribution is 5.71. The maximum Gasteiger partial charge on any atom is 0.344 e. The van der Waals surface area contributed by atoms with Crippen molar-refractivity contribution >= 4 is 5.97 Å². The summed E-state index contributed by atoms with van der Waals surface area (Å²) >= 11 is 0. The Kier molecular flexibility index (Phi) is 6.32. The number of nitrogens with zero attached hydrogens (tertiary/aromatic N) is 2. The van der Waals surface area contributed by atoms with Crippen LogP contribution in [-0.2, 0) is 9.53 Å². The molecule has 0 saturated heterocycles. The number of aromatic nitrogens is 2. The first kappa shape index (κ1) is 20.6. The van der Waals surface area contributed by atoms with E-state index in [0.717, 1.165) is 16.7 Å². The molecule has 6 nitrogen and oxygen atoms in total. The number of carbonyl (C=O) groups excluding carboxylic acids is 1. The summed E-state index contributed by atoms with van der Waals surface area (Å²) in [6.07, 6.45) is -0.664. The Morgan fingerprint density at radius 1 is 1.03 bits per heavy atom. The van der Waals surface area contributed by atoms with Crippen LogP contribution in [0.3, 0.4) is 0 Å². The van der Waals surface area contributed by atoms with Crippen LogP contribution in [0.4, 0.5) is 0 Å². The molecule has 0 spiro atoms. The van der Waals surface area contributed by atoms with Crippen LogP contribution in [0.1, 0.15) is 55.4 Å². The predicted molar refractivity (Wildman–Crippen MR) is 110 cm³/mol. The molecular weight excluding hydrogens is 368 g/mol. The maximum atomic E-state index is 12.1. The second-order valence-corrected chi connectivity index (χ2v) is 7.41. The molecule has 0 aliphatic heterocycles. The first-order valence-electron chi connectivity index (χ1n) is 9.66. The van der Waals surface area contributed by atoms with E-state index in [1.165, 1.54) is 5.56 Å². The summed E-state index contributed by atoms with van der Waals surface area (Å²) in [5, 5.41) is 8.02. The van der Waals surface area contributed by atoms with Gasteiger partial charge in [0.25, 0.3) is 5.89 Å². The van der Waals surface area contributed by atoms with Crippen LogP contribution in [0.25, 0.3) is 11.5 Å². The number of benzene rings is 2. The zero-order valence-corrected chi connectivity index (χ0v) is 17.4. The molecule has 3 aromatic rings. The van der Waals surface area contributed by atoms with Crippen molar-refractivity contribution in [1.82, 2.24) is 10.2 Å². The van der Waals surface area contributed by atoms with Gasteiger partial charge >= 0.3 is 5.97 Å². The summed E-state index contributed by atoms with van der Waals surface area (Å²) in [7, 11) is 0. The highest BCUT2D eigenvalue weighted by Crippen LogP contribution is 2.24. The normalized spacial score (nSPS) is 12.1. The van der Waals surface area contributed by atoms with Crippen LogP contribution >= 0.6 is 0 Å². The van der Waals surface area contributed by atoms with Crippen molar-refractivity contribution < 1.29 is 18.7 Å². The van der Waals surface area contributed by atoms with E-state index in [4.69, 9.17) is 13.9 Å². The lowest BCUT2D eigenvalue weighted by Gasteiger charge is -2.13. The summed E-state index contributed by atoms with van der Waals surface area (Å²) in [5.41, 5.74) is 4.35. The van der Waals surface area contributed by atoms with E-state index in [9.17, 15) is 4.79 Å². The van der Waals surface area contributed by atoms with Crippen LogP contribution < -0.4 is 4.74 Å². The lowest BCUT2D eigenvalue weighted by atomic mass is 9.98. The van der Waals surface area contributed by atoms with Crippen LogP contribution in [0.2, 0.25) is 0 Å². The summed E-state index contributed by atoms with van der Waals surface area (Å²) in [6, 6.07) is 13.6. The zero-order chi connectivity index (χ0) is 21.0. The number of aryl methyl sites for hydroxylation is 2. The van der Waals surface area contributed by atoms with E-state index in [-0.39, 0.29) is 12.5 Å². The fourth-order valence-electron chi connectivity index (χ4n) is 3.02. The van der Waals surface area contributed by atoms with Gasteiger partial charge in [-0.3, -0.25) is 0 Å². The van der Waals surface area contributed by atoms with Gasteiger partial charge < -0.3 is 13.9 Å². The Morgan fingerprint density at radius 3 is 2.41 bits per heavy atom. The Balaban J connectivity index is 1.55. The Bertz CT molecular complexity index is 977. The maximum absolute atomic E-state index is 12.1. The van der Waals surface area contributed by atoms with Gasteiger partial charge in [0.15, 0.2) is 12.7 Å². The molecule has 1 aromatic heterocycles. The molecule has 0 unspecified atom stereocenters. The van der Waals surface area contributed by atoms with Crippen molar-refractivity contribution in [3.8, 4) is 17.2 Å². The SMILES string of the molecule is Cc1ccc(-c2nnc([C@H](C)OC(=O)COc3ccc(C(C)C)c(C)c3)o2)cc1. The largest absolute Gasteiger partial charge is 0.482 e. The third kappa shape index (κ3) is 5.22. The van der Waals surface area contributed by atoms with Gasteiger partial charge in [-0.15, -0.1) is 10.2 Å². The average Bonchev–Trinajstić information content (AvgIpc) is 3.17. The van der Waals surface area contributed by atoms with Crippen molar-refractivity contribution in [2.24, 2.45) is 0 Å². The van der Waals surface area contributed by atoms with Gasteiger partial charge in [0.1, 0.15) is 5.75 Å². The monoisotopic (exact) mass is 394 g/mol. The Labute approximate surface area is 170 Å². The standard InChI is InChI=1S/C23H26N2O4/c1-14(2)20-11-10-19(12-16(20)4)27-13-21(26)28-17(5)22-24-25-23(29-22)18-8-6-15(3)7-9-18/h6-12,14,17H,13H2,1-5H3/t17-/m0/s1. The van der Waals surface area contributed by atoms with Crippen molar-refractivity contribution in [2.45, 2.75) is 46.6 Å². The molecule has 3 rings (SSSR count). The summed E-state index contributed by atoms with van der Waals surface area (Å²) in [6.45, 7) is 9.82. The van der Waals surface area contributed by atoms with Gasteiger partial charge in [-0.05, 0) is 62.1 Å². The molecule has 29 heavy (non-hydrogen) atoms. The van der Waals surface area contributed by atoms with Crippen LogP contribution in [-0.4, -0.2) is 22.8 Å². The number of hydrogen-bond acceptors (Lipinski definition) is 6. The van der Waals surface area contributed by atoms with E-state index < -0.39 is 12.1 Å². The predicted octanol–water partition coefficient (Wildman–Crippen LogP) is 5.16. The molecule has 0 amide bonds.